The molecule has 0 bridgehead atoms. The van der Waals surface area contributed by atoms with E-state index in [4.69, 9.17) is 27.9 Å². The molecule has 3 rings (SSSR count). The lowest BCUT2D eigenvalue weighted by molar-refractivity contribution is 0.00845. The highest BCUT2D eigenvalue weighted by molar-refractivity contribution is 6.42. The molecule has 1 heterocycles. The Morgan fingerprint density at radius 2 is 1.86 bits per heavy atom. The van der Waals surface area contributed by atoms with Gasteiger partial charge in [0, 0.05) is 24.9 Å². The van der Waals surface area contributed by atoms with Crippen LogP contribution in [0.25, 0.3) is 0 Å². The molecule has 1 saturated carbocycles. The molecule has 1 aliphatic carbocycles. The molecule has 1 saturated heterocycles. The molecule has 0 amide bonds. The minimum absolute atomic E-state index is 0.475. The first-order valence-corrected chi connectivity index (χ1v) is 8.77. The van der Waals surface area contributed by atoms with Crippen LogP contribution < -0.4 is 5.32 Å². The molecule has 21 heavy (non-hydrogen) atoms. The first-order chi connectivity index (χ1) is 10.2. The normalized spacial score (nSPS) is 27.1. The van der Waals surface area contributed by atoms with E-state index in [9.17, 15) is 0 Å². The number of nitrogens with one attached hydrogen (secondary N) is 1. The van der Waals surface area contributed by atoms with E-state index in [0.29, 0.717) is 28.0 Å². The van der Waals surface area contributed by atoms with Crippen molar-refractivity contribution in [1.29, 1.82) is 0 Å². The van der Waals surface area contributed by atoms with Crippen LogP contribution in [0.15, 0.2) is 18.2 Å². The summed E-state index contributed by atoms with van der Waals surface area (Å²) in [4.78, 5) is 0. The third-order valence-electron chi connectivity index (χ3n) is 4.81. The third kappa shape index (κ3) is 3.92. The van der Waals surface area contributed by atoms with Crippen LogP contribution in [-0.2, 0) is 4.74 Å². The maximum atomic E-state index is 6.17. The molecule has 1 N–H and O–H groups in total. The fourth-order valence-electron chi connectivity index (χ4n) is 3.53. The fourth-order valence-corrected chi connectivity index (χ4v) is 3.84. The number of hydrogen-bond donors (Lipinski definition) is 1. The fraction of sp³-hybridized carbons (Fsp3) is 0.647. The molecule has 1 aliphatic heterocycles. The van der Waals surface area contributed by atoms with Crippen LogP contribution in [0.4, 0.5) is 0 Å². The highest BCUT2D eigenvalue weighted by Gasteiger charge is 2.29. The molecular weight excluding hydrogens is 305 g/mol. The van der Waals surface area contributed by atoms with Gasteiger partial charge in [0.25, 0.3) is 0 Å². The Morgan fingerprint density at radius 3 is 2.62 bits per heavy atom. The van der Waals surface area contributed by atoms with Crippen molar-refractivity contribution in [2.45, 2.75) is 44.1 Å². The highest BCUT2D eigenvalue weighted by Crippen LogP contribution is 2.33. The van der Waals surface area contributed by atoms with Crippen molar-refractivity contribution in [2.75, 3.05) is 19.7 Å². The lowest BCUT2D eigenvalue weighted by atomic mass is 9.89. The summed E-state index contributed by atoms with van der Waals surface area (Å²) in [6.07, 6.45) is 6.97. The Hall–Kier alpha value is -0.280. The second-order valence-electron chi connectivity index (χ2n) is 6.29. The third-order valence-corrected chi connectivity index (χ3v) is 5.55. The summed E-state index contributed by atoms with van der Waals surface area (Å²) < 4.78 is 6.17. The first-order valence-electron chi connectivity index (χ1n) is 8.01. The van der Waals surface area contributed by atoms with E-state index in [1.54, 1.807) is 0 Å². The molecule has 116 valence electrons. The predicted octanol–water partition coefficient (Wildman–Crippen LogP) is 4.65. The van der Waals surface area contributed by atoms with Crippen LogP contribution in [0.2, 0.25) is 10.0 Å². The topological polar surface area (TPSA) is 21.3 Å². The maximum absolute atomic E-state index is 6.17. The predicted molar refractivity (Wildman–Crippen MR) is 88.4 cm³/mol. The summed E-state index contributed by atoms with van der Waals surface area (Å²) in [6, 6.07) is 6.01. The Labute approximate surface area is 137 Å². The SMILES string of the molecule is Clc1ccc(C2CNCC2COC2CCCCC2)cc1Cl. The van der Waals surface area contributed by atoms with Crippen molar-refractivity contribution in [1.82, 2.24) is 5.32 Å². The van der Waals surface area contributed by atoms with Crippen molar-refractivity contribution >= 4 is 23.2 Å². The molecule has 2 unspecified atom stereocenters. The molecule has 2 aliphatic rings. The monoisotopic (exact) mass is 327 g/mol. The van der Waals surface area contributed by atoms with Gasteiger partial charge in [-0.15, -0.1) is 0 Å². The van der Waals surface area contributed by atoms with Gasteiger partial charge >= 0.3 is 0 Å². The second kappa shape index (κ2) is 7.32. The van der Waals surface area contributed by atoms with E-state index in [0.717, 1.165) is 19.7 Å². The molecule has 1 aromatic rings. The molecule has 2 nitrogen and oxygen atoms in total. The Morgan fingerprint density at radius 1 is 1.05 bits per heavy atom. The summed E-state index contributed by atoms with van der Waals surface area (Å²) in [7, 11) is 0. The van der Waals surface area contributed by atoms with E-state index in [-0.39, 0.29) is 0 Å². The van der Waals surface area contributed by atoms with Gasteiger partial charge < -0.3 is 10.1 Å². The van der Waals surface area contributed by atoms with E-state index in [1.807, 2.05) is 12.1 Å². The lowest BCUT2D eigenvalue weighted by Gasteiger charge is -2.26. The summed E-state index contributed by atoms with van der Waals surface area (Å²) in [6.45, 7) is 2.87. The van der Waals surface area contributed by atoms with Gasteiger partial charge in [-0.3, -0.25) is 0 Å². The number of rotatable bonds is 4. The van der Waals surface area contributed by atoms with Crippen molar-refractivity contribution in [2.24, 2.45) is 5.92 Å². The zero-order valence-electron chi connectivity index (χ0n) is 12.3. The van der Waals surface area contributed by atoms with Gasteiger partial charge in [-0.2, -0.15) is 0 Å². The van der Waals surface area contributed by atoms with Crippen LogP contribution in [0, 0.1) is 5.92 Å². The van der Waals surface area contributed by atoms with Gasteiger partial charge in [-0.1, -0.05) is 48.5 Å². The van der Waals surface area contributed by atoms with E-state index in [2.05, 4.69) is 11.4 Å². The lowest BCUT2D eigenvalue weighted by Crippen LogP contribution is -2.24. The average molecular weight is 328 g/mol. The highest BCUT2D eigenvalue weighted by atomic mass is 35.5. The van der Waals surface area contributed by atoms with Gasteiger partial charge in [-0.25, -0.2) is 0 Å². The van der Waals surface area contributed by atoms with Gasteiger partial charge in [0.05, 0.1) is 22.8 Å². The molecular formula is C17H23Cl2NO. The Kier molecular flexibility index (Phi) is 5.44. The summed E-state index contributed by atoms with van der Waals surface area (Å²) >= 11 is 12.2. The minimum atomic E-state index is 0.475. The van der Waals surface area contributed by atoms with Crippen LogP contribution in [0.3, 0.4) is 0 Å². The van der Waals surface area contributed by atoms with Crippen LogP contribution in [0.1, 0.15) is 43.6 Å². The van der Waals surface area contributed by atoms with E-state index >= 15 is 0 Å². The van der Waals surface area contributed by atoms with E-state index in [1.165, 1.54) is 37.7 Å². The number of hydrogen-bond acceptors (Lipinski definition) is 2. The molecule has 4 heteroatoms. The van der Waals surface area contributed by atoms with Gasteiger partial charge in [0.1, 0.15) is 0 Å². The average Bonchev–Trinajstić information content (AvgIpc) is 2.97. The second-order valence-corrected chi connectivity index (χ2v) is 7.11. The Bertz CT molecular complexity index is 474. The van der Waals surface area contributed by atoms with Crippen molar-refractivity contribution in [3.05, 3.63) is 33.8 Å². The van der Waals surface area contributed by atoms with Crippen LogP contribution in [-0.4, -0.2) is 25.8 Å². The Balaban J connectivity index is 1.60. The number of benzene rings is 1. The van der Waals surface area contributed by atoms with Crippen molar-refractivity contribution < 1.29 is 4.74 Å². The van der Waals surface area contributed by atoms with Gasteiger partial charge in [0.2, 0.25) is 0 Å². The quantitative estimate of drug-likeness (QED) is 0.869. The molecule has 0 spiro atoms. The van der Waals surface area contributed by atoms with Crippen LogP contribution >= 0.6 is 23.2 Å². The number of ether oxygens (including phenoxy) is 1. The van der Waals surface area contributed by atoms with Crippen molar-refractivity contribution in [3.8, 4) is 0 Å². The largest absolute Gasteiger partial charge is 0.378 e. The zero-order chi connectivity index (χ0) is 14.7. The van der Waals surface area contributed by atoms with Crippen molar-refractivity contribution in [3.63, 3.8) is 0 Å². The summed E-state index contributed by atoms with van der Waals surface area (Å²) in [5, 5.41) is 4.76. The standard InChI is InChI=1S/C17H23Cl2NO/c18-16-7-6-12(8-17(16)19)15-10-20-9-13(15)11-21-14-4-2-1-3-5-14/h6-8,13-15,20H,1-5,9-11H2. The van der Waals surface area contributed by atoms with Gasteiger partial charge in [-0.05, 0) is 30.5 Å². The summed E-state index contributed by atoms with van der Waals surface area (Å²) in [5.41, 5.74) is 1.27. The summed E-state index contributed by atoms with van der Waals surface area (Å²) in [5.74, 6) is 1.01. The number of halogens is 2. The molecule has 0 aromatic heterocycles. The first kappa shape index (κ1) is 15.6. The molecule has 0 radical (unpaired) electrons. The van der Waals surface area contributed by atoms with E-state index < -0.39 is 0 Å². The zero-order valence-corrected chi connectivity index (χ0v) is 13.8. The van der Waals surface area contributed by atoms with Crippen LogP contribution in [0.5, 0.6) is 0 Å². The molecule has 2 fully saturated rings. The molecule has 1 aromatic carbocycles. The smallest absolute Gasteiger partial charge is 0.0595 e. The minimum Gasteiger partial charge on any atom is -0.378 e. The molecule has 2 atom stereocenters. The maximum Gasteiger partial charge on any atom is 0.0595 e. The van der Waals surface area contributed by atoms with Gasteiger partial charge in [0.15, 0.2) is 0 Å².